The monoisotopic (exact) mass is 263 g/mol. The van der Waals surface area contributed by atoms with Gasteiger partial charge in [-0.15, -0.1) is 6.58 Å². The van der Waals surface area contributed by atoms with Crippen LogP contribution in [0.1, 0.15) is 29.7 Å². The minimum Gasteiger partial charge on any atom is -0.343 e. The summed E-state index contributed by atoms with van der Waals surface area (Å²) in [6.45, 7) is 4.83. The summed E-state index contributed by atoms with van der Waals surface area (Å²) >= 11 is 0. The Kier molecular flexibility index (Phi) is 3.39. The highest BCUT2D eigenvalue weighted by Gasteiger charge is 2.24. The van der Waals surface area contributed by atoms with Crippen LogP contribution in [0.4, 0.5) is 0 Å². The SMILES string of the molecule is C=CCc1c(C#N)c2n(c1-c1cccnc1)CCCC2. The molecule has 3 heteroatoms. The van der Waals surface area contributed by atoms with Crippen LogP contribution in [0.2, 0.25) is 0 Å². The molecular weight excluding hydrogens is 246 g/mol. The fraction of sp³-hybridized carbons (Fsp3) is 0.294. The zero-order valence-electron chi connectivity index (χ0n) is 11.5. The summed E-state index contributed by atoms with van der Waals surface area (Å²) in [4.78, 5) is 4.22. The van der Waals surface area contributed by atoms with E-state index in [1.807, 2.05) is 18.3 Å². The van der Waals surface area contributed by atoms with E-state index in [4.69, 9.17) is 0 Å². The van der Waals surface area contributed by atoms with Gasteiger partial charge in [0, 0.05) is 30.2 Å². The Morgan fingerprint density at radius 2 is 2.35 bits per heavy atom. The van der Waals surface area contributed by atoms with E-state index >= 15 is 0 Å². The summed E-state index contributed by atoms with van der Waals surface area (Å²) < 4.78 is 2.32. The Morgan fingerprint density at radius 3 is 3.05 bits per heavy atom. The highest BCUT2D eigenvalue weighted by atomic mass is 15.0. The van der Waals surface area contributed by atoms with E-state index < -0.39 is 0 Å². The van der Waals surface area contributed by atoms with Crippen LogP contribution in [0.15, 0.2) is 37.2 Å². The lowest BCUT2D eigenvalue weighted by atomic mass is 10.0. The van der Waals surface area contributed by atoms with Gasteiger partial charge in [-0.1, -0.05) is 6.08 Å². The van der Waals surface area contributed by atoms with E-state index in [2.05, 4.69) is 28.3 Å². The zero-order chi connectivity index (χ0) is 13.9. The van der Waals surface area contributed by atoms with E-state index in [0.717, 1.165) is 41.8 Å². The van der Waals surface area contributed by atoms with Crippen LogP contribution in [0, 0.1) is 11.3 Å². The second-order valence-electron chi connectivity index (χ2n) is 5.10. The molecule has 0 radical (unpaired) electrons. The van der Waals surface area contributed by atoms with Crippen LogP contribution >= 0.6 is 0 Å². The number of nitrogens with zero attached hydrogens (tertiary/aromatic N) is 3. The average Bonchev–Trinajstić information content (AvgIpc) is 2.82. The molecule has 3 rings (SSSR count). The van der Waals surface area contributed by atoms with Crippen molar-refractivity contribution in [2.45, 2.75) is 32.2 Å². The molecule has 0 N–H and O–H groups in total. The van der Waals surface area contributed by atoms with Crippen LogP contribution in [0.5, 0.6) is 0 Å². The fourth-order valence-electron chi connectivity index (χ4n) is 3.10. The first-order chi connectivity index (χ1) is 9.86. The Balaban J connectivity index is 2.29. The third-order valence-corrected chi connectivity index (χ3v) is 3.91. The van der Waals surface area contributed by atoms with Crippen LogP contribution in [0.25, 0.3) is 11.3 Å². The first kappa shape index (κ1) is 12.7. The van der Waals surface area contributed by atoms with Gasteiger partial charge in [0.05, 0.1) is 11.3 Å². The van der Waals surface area contributed by atoms with E-state index in [1.54, 1.807) is 6.20 Å². The predicted molar refractivity (Wildman–Crippen MR) is 79.2 cm³/mol. The van der Waals surface area contributed by atoms with E-state index in [-0.39, 0.29) is 0 Å². The summed E-state index contributed by atoms with van der Waals surface area (Å²) in [6.07, 6.45) is 9.60. The van der Waals surface area contributed by atoms with E-state index in [1.165, 1.54) is 18.5 Å². The Morgan fingerprint density at radius 1 is 1.45 bits per heavy atom. The topological polar surface area (TPSA) is 41.6 Å². The van der Waals surface area contributed by atoms with Gasteiger partial charge in [0.2, 0.25) is 0 Å². The maximum Gasteiger partial charge on any atom is 0.101 e. The summed E-state index contributed by atoms with van der Waals surface area (Å²) in [5.74, 6) is 0. The van der Waals surface area contributed by atoms with Crippen LogP contribution in [-0.2, 0) is 19.4 Å². The molecule has 0 saturated heterocycles. The summed E-state index contributed by atoms with van der Waals surface area (Å²) in [6, 6.07) is 6.42. The molecular formula is C17H17N3. The second kappa shape index (κ2) is 5.34. The number of fused-ring (bicyclic) bond motifs is 1. The maximum absolute atomic E-state index is 9.55. The number of aromatic nitrogens is 2. The summed E-state index contributed by atoms with van der Waals surface area (Å²) in [5.41, 5.74) is 5.39. The largest absolute Gasteiger partial charge is 0.343 e. The molecule has 2 aromatic rings. The first-order valence-corrected chi connectivity index (χ1v) is 7.02. The van der Waals surface area contributed by atoms with Crippen molar-refractivity contribution in [3.05, 3.63) is 54.0 Å². The Hall–Kier alpha value is -2.34. The number of pyridine rings is 1. The molecule has 2 aromatic heterocycles. The lowest BCUT2D eigenvalue weighted by molar-refractivity contribution is 0.536. The van der Waals surface area contributed by atoms with Gasteiger partial charge in [0.15, 0.2) is 0 Å². The van der Waals surface area contributed by atoms with Crippen LogP contribution in [-0.4, -0.2) is 9.55 Å². The molecule has 0 saturated carbocycles. The molecule has 3 heterocycles. The number of allylic oxidation sites excluding steroid dienone is 1. The van der Waals surface area contributed by atoms with Crippen LogP contribution < -0.4 is 0 Å². The molecule has 0 aromatic carbocycles. The van der Waals surface area contributed by atoms with Gasteiger partial charge in [0.1, 0.15) is 6.07 Å². The quantitative estimate of drug-likeness (QED) is 0.795. The third-order valence-electron chi connectivity index (χ3n) is 3.91. The Bertz CT molecular complexity index is 674. The summed E-state index contributed by atoms with van der Waals surface area (Å²) in [7, 11) is 0. The number of rotatable bonds is 3. The molecule has 0 atom stereocenters. The normalized spacial score (nSPS) is 13.6. The van der Waals surface area contributed by atoms with Gasteiger partial charge < -0.3 is 4.57 Å². The molecule has 1 aliphatic heterocycles. The number of nitriles is 1. The molecule has 0 fully saturated rings. The van der Waals surface area contributed by atoms with Gasteiger partial charge in [-0.2, -0.15) is 5.26 Å². The molecule has 1 aliphatic rings. The van der Waals surface area contributed by atoms with Crippen LogP contribution in [0.3, 0.4) is 0 Å². The third kappa shape index (κ3) is 1.94. The number of hydrogen-bond donors (Lipinski definition) is 0. The minimum absolute atomic E-state index is 0.729. The van der Waals surface area contributed by atoms with Gasteiger partial charge >= 0.3 is 0 Å². The van der Waals surface area contributed by atoms with E-state index in [0.29, 0.717) is 0 Å². The maximum atomic E-state index is 9.55. The van der Waals surface area contributed by atoms with Crippen molar-refractivity contribution in [3.63, 3.8) is 0 Å². The highest BCUT2D eigenvalue weighted by molar-refractivity contribution is 5.69. The van der Waals surface area contributed by atoms with E-state index in [9.17, 15) is 5.26 Å². The van der Waals surface area contributed by atoms with Crippen molar-refractivity contribution < 1.29 is 0 Å². The van der Waals surface area contributed by atoms with Crippen molar-refractivity contribution in [2.75, 3.05) is 0 Å². The Labute approximate surface area is 119 Å². The molecule has 0 bridgehead atoms. The standard InChI is InChI=1S/C17H17N3/c1-2-6-14-15(11-18)16-8-3-4-10-20(16)17(14)13-7-5-9-19-12-13/h2,5,7,9,12H,1,3-4,6,8,10H2. The molecule has 0 aliphatic carbocycles. The average molecular weight is 263 g/mol. The fourth-order valence-corrected chi connectivity index (χ4v) is 3.10. The molecule has 0 amide bonds. The highest BCUT2D eigenvalue weighted by Crippen LogP contribution is 2.35. The van der Waals surface area contributed by atoms with Crippen molar-refractivity contribution >= 4 is 0 Å². The van der Waals surface area contributed by atoms with Gasteiger partial charge in [-0.05, 0) is 43.4 Å². The van der Waals surface area contributed by atoms with Crippen molar-refractivity contribution in [1.29, 1.82) is 5.26 Å². The predicted octanol–water partition coefficient (Wildman–Crippen LogP) is 3.49. The second-order valence-corrected chi connectivity index (χ2v) is 5.10. The van der Waals surface area contributed by atoms with Gasteiger partial charge in [-0.25, -0.2) is 0 Å². The lowest BCUT2D eigenvalue weighted by Gasteiger charge is -2.18. The minimum atomic E-state index is 0.729. The van der Waals surface area contributed by atoms with Gasteiger partial charge in [0.25, 0.3) is 0 Å². The lowest BCUT2D eigenvalue weighted by Crippen LogP contribution is -2.11. The molecule has 0 unspecified atom stereocenters. The molecule has 20 heavy (non-hydrogen) atoms. The molecule has 0 spiro atoms. The number of hydrogen-bond acceptors (Lipinski definition) is 2. The molecule has 3 nitrogen and oxygen atoms in total. The first-order valence-electron chi connectivity index (χ1n) is 7.02. The van der Waals surface area contributed by atoms with Crippen molar-refractivity contribution in [1.82, 2.24) is 9.55 Å². The molecule has 100 valence electrons. The summed E-state index contributed by atoms with van der Waals surface area (Å²) in [5, 5.41) is 9.55. The van der Waals surface area contributed by atoms with Crippen molar-refractivity contribution in [3.8, 4) is 17.3 Å². The zero-order valence-corrected chi connectivity index (χ0v) is 11.5. The smallest absolute Gasteiger partial charge is 0.101 e. The van der Waals surface area contributed by atoms with Gasteiger partial charge in [-0.3, -0.25) is 4.98 Å². The van der Waals surface area contributed by atoms with Crippen molar-refractivity contribution in [2.24, 2.45) is 0 Å².